The minimum atomic E-state index is -0.436. The molecule has 0 saturated heterocycles. The van der Waals surface area contributed by atoms with E-state index in [1.165, 1.54) is 6.07 Å². The molecule has 0 aliphatic carbocycles. The minimum Gasteiger partial charge on any atom is -0.343 e. The number of halogens is 1. The highest BCUT2D eigenvalue weighted by Gasteiger charge is 2.21. The molecule has 0 unspecified atom stereocenters. The molecule has 0 aliphatic rings. The fraction of sp³-hybridized carbons (Fsp3) is 0.261. The Labute approximate surface area is 175 Å². The number of hydrogen-bond acceptors (Lipinski definition) is 3. The first-order valence-electron chi connectivity index (χ1n) is 9.69. The first-order chi connectivity index (χ1) is 14.0. The number of nitrogens with one attached hydrogen (secondary N) is 1. The number of pyridine rings is 2. The van der Waals surface area contributed by atoms with Crippen molar-refractivity contribution in [3.8, 4) is 0 Å². The number of benzene rings is 1. The summed E-state index contributed by atoms with van der Waals surface area (Å²) >= 11 is 6.18. The summed E-state index contributed by atoms with van der Waals surface area (Å²) in [5.74, 6) is -0.436. The molecule has 0 radical (unpaired) electrons. The van der Waals surface area contributed by atoms with Gasteiger partial charge in [-0.25, -0.2) is 0 Å². The van der Waals surface area contributed by atoms with E-state index < -0.39 is 5.91 Å². The summed E-state index contributed by atoms with van der Waals surface area (Å²) < 4.78 is 2.04. The second-order valence-electron chi connectivity index (χ2n) is 6.96. The van der Waals surface area contributed by atoms with Crippen LogP contribution in [0, 0.1) is 6.92 Å². The molecule has 1 aromatic carbocycles. The Morgan fingerprint density at radius 2 is 2.00 bits per heavy atom. The lowest BCUT2D eigenvalue weighted by Gasteiger charge is -2.20. The fourth-order valence-corrected chi connectivity index (χ4v) is 3.50. The Morgan fingerprint density at radius 3 is 2.69 bits per heavy atom. The Morgan fingerprint density at radius 1 is 1.21 bits per heavy atom. The average Bonchev–Trinajstić information content (AvgIpc) is 2.71. The summed E-state index contributed by atoms with van der Waals surface area (Å²) in [5, 5.41) is 3.23. The Balaban J connectivity index is 2.07. The highest BCUT2D eigenvalue weighted by molar-refractivity contribution is 6.33. The first-order valence-corrected chi connectivity index (χ1v) is 10.1. The Kier molecular flexibility index (Phi) is 6.83. The molecule has 2 heterocycles. The SMILES string of the molecule is CCCCc1c(C(=O)Nc2ccccc2Cl)c(=O)cc(C)n1Cc1cccnc1. The van der Waals surface area contributed by atoms with E-state index in [1.54, 1.807) is 36.7 Å². The summed E-state index contributed by atoms with van der Waals surface area (Å²) in [4.78, 5) is 30.1. The van der Waals surface area contributed by atoms with E-state index in [0.717, 1.165) is 29.8 Å². The van der Waals surface area contributed by atoms with Gasteiger partial charge < -0.3 is 9.88 Å². The van der Waals surface area contributed by atoms with Crippen molar-refractivity contribution in [1.82, 2.24) is 9.55 Å². The zero-order chi connectivity index (χ0) is 20.8. The smallest absolute Gasteiger partial charge is 0.261 e. The van der Waals surface area contributed by atoms with Crippen LogP contribution in [0.5, 0.6) is 0 Å². The standard InChI is InChI=1S/C23H24ClN3O2/c1-3-4-11-20-22(23(29)26-19-10-6-5-9-18(19)24)21(28)13-16(2)27(20)15-17-8-7-12-25-14-17/h5-10,12-14H,3-4,11,15H2,1-2H3,(H,26,29). The lowest BCUT2D eigenvalue weighted by atomic mass is 10.0. The van der Waals surface area contributed by atoms with Gasteiger partial charge in [0.15, 0.2) is 5.43 Å². The van der Waals surface area contributed by atoms with Gasteiger partial charge in [-0.3, -0.25) is 14.6 Å². The Bertz CT molecular complexity index is 1060. The van der Waals surface area contributed by atoms with Gasteiger partial charge in [0.05, 0.1) is 10.7 Å². The second-order valence-corrected chi connectivity index (χ2v) is 7.36. The highest BCUT2D eigenvalue weighted by atomic mass is 35.5. The van der Waals surface area contributed by atoms with Gasteiger partial charge in [-0.2, -0.15) is 0 Å². The van der Waals surface area contributed by atoms with Gasteiger partial charge >= 0.3 is 0 Å². The summed E-state index contributed by atoms with van der Waals surface area (Å²) in [6.07, 6.45) is 5.99. The number of anilines is 1. The first kappa shape index (κ1) is 20.8. The molecule has 0 spiro atoms. The van der Waals surface area contributed by atoms with Crippen molar-refractivity contribution in [3.63, 3.8) is 0 Å². The number of aromatic nitrogens is 2. The molecule has 150 valence electrons. The van der Waals surface area contributed by atoms with Gasteiger partial charge in [-0.15, -0.1) is 0 Å². The van der Waals surface area contributed by atoms with E-state index in [0.29, 0.717) is 23.7 Å². The van der Waals surface area contributed by atoms with Crippen molar-refractivity contribution in [2.45, 2.75) is 39.7 Å². The van der Waals surface area contributed by atoms with Gasteiger partial charge in [-0.05, 0) is 43.5 Å². The van der Waals surface area contributed by atoms with E-state index >= 15 is 0 Å². The number of hydrogen-bond donors (Lipinski definition) is 1. The van der Waals surface area contributed by atoms with Crippen molar-refractivity contribution in [2.24, 2.45) is 0 Å². The maximum atomic E-state index is 13.1. The van der Waals surface area contributed by atoms with Crippen LogP contribution in [0.25, 0.3) is 0 Å². The summed E-state index contributed by atoms with van der Waals surface area (Å²) in [5.41, 5.74) is 2.95. The van der Waals surface area contributed by atoms with E-state index in [9.17, 15) is 9.59 Å². The monoisotopic (exact) mass is 409 g/mol. The van der Waals surface area contributed by atoms with Crippen LogP contribution < -0.4 is 10.7 Å². The molecule has 3 rings (SSSR count). The highest BCUT2D eigenvalue weighted by Crippen LogP contribution is 2.22. The molecule has 0 fully saturated rings. The topological polar surface area (TPSA) is 64.0 Å². The van der Waals surface area contributed by atoms with Gasteiger partial charge in [-0.1, -0.05) is 43.1 Å². The van der Waals surface area contributed by atoms with Crippen molar-refractivity contribution in [2.75, 3.05) is 5.32 Å². The average molecular weight is 410 g/mol. The minimum absolute atomic E-state index is 0.174. The number of amides is 1. The number of nitrogens with zero attached hydrogens (tertiary/aromatic N) is 2. The zero-order valence-electron chi connectivity index (χ0n) is 16.6. The number of carbonyl (C=O) groups is 1. The molecule has 5 nitrogen and oxygen atoms in total. The molecule has 0 atom stereocenters. The molecule has 29 heavy (non-hydrogen) atoms. The molecule has 1 N–H and O–H groups in total. The summed E-state index contributed by atoms with van der Waals surface area (Å²) in [6, 6.07) is 12.4. The Hall–Kier alpha value is -2.92. The summed E-state index contributed by atoms with van der Waals surface area (Å²) in [6.45, 7) is 4.52. The number of unbranched alkanes of at least 4 members (excludes halogenated alkanes) is 1. The molecule has 1 amide bonds. The third kappa shape index (κ3) is 4.93. The van der Waals surface area contributed by atoms with Crippen molar-refractivity contribution in [3.05, 3.63) is 92.6 Å². The zero-order valence-corrected chi connectivity index (χ0v) is 17.4. The van der Waals surface area contributed by atoms with Crippen LogP contribution in [0.2, 0.25) is 5.02 Å². The van der Waals surface area contributed by atoms with Crippen LogP contribution in [-0.4, -0.2) is 15.5 Å². The molecule has 6 heteroatoms. The number of carbonyl (C=O) groups excluding carboxylic acids is 1. The van der Waals surface area contributed by atoms with Gasteiger partial charge in [0, 0.05) is 36.4 Å². The van der Waals surface area contributed by atoms with E-state index in [1.807, 2.05) is 23.6 Å². The van der Waals surface area contributed by atoms with Crippen LogP contribution in [0.3, 0.4) is 0 Å². The third-order valence-electron chi connectivity index (χ3n) is 4.81. The maximum Gasteiger partial charge on any atom is 0.261 e. The van der Waals surface area contributed by atoms with Crippen molar-refractivity contribution < 1.29 is 4.79 Å². The fourth-order valence-electron chi connectivity index (χ4n) is 3.32. The number of rotatable bonds is 7. The van der Waals surface area contributed by atoms with Crippen molar-refractivity contribution >= 4 is 23.2 Å². The quantitative estimate of drug-likeness (QED) is 0.606. The molecule has 0 saturated carbocycles. The van der Waals surface area contributed by atoms with Gasteiger partial charge in [0.1, 0.15) is 5.56 Å². The van der Waals surface area contributed by atoms with Crippen molar-refractivity contribution in [1.29, 1.82) is 0 Å². The summed E-state index contributed by atoms with van der Waals surface area (Å²) in [7, 11) is 0. The third-order valence-corrected chi connectivity index (χ3v) is 5.14. The maximum absolute atomic E-state index is 13.1. The molecular weight excluding hydrogens is 386 g/mol. The van der Waals surface area contributed by atoms with E-state index in [-0.39, 0.29) is 11.0 Å². The van der Waals surface area contributed by atoms with Crippen LogP contribution in [0.15, 0.2) is 59.7 Å². The van der Waals surface area contributed by atoms with Crippen LogP contribution in [0.4, 0.5) is 5.69 Å². The lowest BCUT2D eigenvalue weighted by molar-refractivity contribution is 0.102. The predicted molar refractivity (Wildman–Crippen MR) is 117 cm³/mol. The van der Waals surface area contributed by atoms with E-state index in [4.69, 9.17) is 11.6 Å². The molecule has 0 bridgehead atoms. The van der Waals surface area contributed by atoms with E-state index in [2.05, 4.69) is 17.2 Å². The normalized spacial score (nSPS) is 10.7. The molecule has 0 aliphatic heterocycles. The van der Waals surface area contributed by atoms with Crippen LogP contribution in [0.1, 0.15) is 47.1 Å². The molecular formula is C23H24ClN3O2. The lowest BCUT2D eigenvalue weighted by Crippen LogP contribution is -2.28. The number of para-hydroxylation sites is 1. The van der Waals surface area contributed by atoms with Gasteiger partial charge in [0.2, 0.25) is 0 Å². The van der Waals surface area contributed by atoms with Gasteiger partial charge in [0.25, 0.3) is 5.91 Å². The van der Waals surface area contributed by atoms with Crippen LogP contribution in [-0.2, 0) is 13.0 Å². The second kappa shape index (κ2) is 9.52. The number of aryl methyl sites for hydroxylation is 1. The predicted octanol–water partition coefficient (Wildman–Crippen LogP) is 4.85. The largest absolute Gasteiger partial charge is 0.343 e. The van der Waals surface area contributed by atoms with Crippen LogP contribution >= 0.6 is 11.6 Å². The molecule has 3 aromatic rings. The molecule has 2 aromatic heterocycles.